The monoisotopic (exact) mass is 387 g/mol. The number of hydrogen-bond acceptors (Lipinski definition) is 7. The summed E-state index contributed by atoms with van der Waals surface area (Å²) < 4.78 is 9.96. The molecule has 0 bridgehead atoms. The van der Waals surface area contributed by atoms with E-state index >= 15 is 0 Å². The van der Waals surface area contributed by atoms with E-state index in [0.29, 0.717) is 44.9 Å². The van der Waals surface area contributed by atoms with Crippen LogP contribution in [-0.2, 0) is 11.3 Å². The van der Waals surface area contributed by atoms with Crippen LogP contribution in [0.15, 0.2) is 40.8 Å². The van der Waals surface area contributed by atoms with Crippen molar-refractivity contribution in [2.45, 2.75) is 13.5 Å². The van der Waals surface area contributed by atoms with Gasteiger partial charge in [-0.05, 0) is 30.7 Å². The van der Waals surface area contributed by atoms with Crippen LogP contribution in [0.4, 0.5) is 5.88 Å². The van der Waals surface area contributed by atoms with Crippen molar-refractivity contribution in [1.29, 1.82) is 0 Å². The minimum atomic E-state index is -0.665. The molecule has 0 saturated carbocycles. The molecule has 1 saturated heterocycles. The summed E-state index contributed by atoms with van der Waals surface area (Å²) in [5, 5.41) is 10.7. The maximum Gasteiger partial charge on any atom is 0.433 e. The highest BCUT2D eigenvalue weighted by atomic mass is 16.6. The number of amides is 1. The van der Waals surface area contributed by atoms with Gasteiger partial charge in [-0.15, -0.1) is 0 Å². The van der Waals surface area contributed by atoms with Crippen molar-refractivity contribution in [3.63, 3.8) is 0 Å². The molecule has 0 radical (unpaired) electrons. The highest BCUT2D eigenvalue weighted by Crippen LogP contribution is 2.18. The van der Waals surface area contributed by atoms with Gasteiger partial charge in [0.2, 0.25) is 0 Å². The van der Waals surface area contributed by atoms with Crippen LogP contribution in [0, 0.1) is 10.1 Å². The molecule has 1 aromatic heterocycles. The number of rotatable bonds is 6. The third-order valence-corrected chi connectivity index (χ3v) is 4.51. The summed E-state index contributed by atoms with van der Waals surface area (Å²) in [5.41, 5.74) is 1.59. The molecule has 0 unspecified atom stereocenters. The number of carbonyl (C=O) groups excluding carboxylic acids is 2. The van der Waals surface area contributed by atoms with E-state index in [0.717, 1.165) is 5.56 Å². The average molecular weight is 387 g/mol. The minimum absolute atomic E-state index is 0.0188. The normalized spacial score (nSPS) is 14.7. The lowest BCUT2D eigenvalue weighted by molar-refractivity contribution is -0.402. The molecule has 0 N–H and O–H groups in total. The lowest BCUT2D eigenvalue weighted by atomic mass is 10.1. The van der Waals surface area contributed by atoms with Crippen molar-refractivity contribution in [2.24, 2.45) is 0 Å². The molecule has 1 aliphatic heterocycles. The Morgan fingerprint density at radius 3 is 2.36 bits per heavy atom. The molecule has 0 aliphatic carbocycles. The summed E-state index contributed by atoms with van der Waals surface area (Å²) in [6.45, 7) is 5.18. The van der Waals surface area contributed by atoms with Gasteiger partial charge in [-0.3, -0.25) is 19.8 Å². The number of ether oxygens (including phenoxy) is 1. The molecule has 2 aromatic rings. The zero-order valence-electron chi connectivity index (χ0n) is 15.5. The van der Waals surface area contributed by atoms with Crippen LogP contribution >= 0.6 is 0 Å². The number of furan rings is 1. The van der Waals surface area contributed by atoms with Crippen molar-refractivity contribution in [3.8, 4) is 0 Å². The Labute approximate surface area is 161 Å². The zero-order valence-corrected chi connectivity index (χ0v) is 15.5. The summed E-state index contributed by atoms with van der Waals surface area (Å²) in [6.07, 6.45) is 0. The molecule has 1 aromatic carbocycles. The molecule has 28 heavy (non-hydrogen) atoms. The fraction of sp³-hybridized carbons (Fsp3) is 0.368. The van der Waals surface area contributed by atoms with Crippen molar-refractivity contribution >= 4 is 17.8 Å². The highest BCUT2D eigenvalue weighted by molar-refractivity contribution is 5.92. The maximum atomic E-state index is 12.4. The Balaban J connectivity index is 1.51. The fourth-order valence-electron chi connectivity index (χ4n) is 3.02. The largest absolute Gasteiger partial charge is 0.462 e. The van der Waals surface area contributed by atoms with Gasteiger partial charge < -0.3 is 14.1 Å². The van der Waals surface area contributed by atoms with Crippen LogP contribution in [-0.4, -0.2) is 59.4 Å². The summed E-state index contributed by atoms with van der Waals surface area (Å²) >= 11 is 0. The Kier molecular flexibility index (Phi) is 6.05. The van der Waals surface area contributed by atoms with Gasteiger partial charge in [0.15, 0.2) is 5.76 Å². The van der Waals surface area contributed by atoms with Crippen LogP contribution in [0.5, 0.6) is 0 Å². The lowest BCUT2D eigenvalue weighted by Gasteiger charge is -2.34. The summed E-state index contributed by atoms with van der Waals surface area (Å²) in [5.74, 6) is -1.13. The van der Waals surface area contributed by atoms with Gasteiger partial charge >= 0.3 is 11.9 Å². The van der Waals surface area contributed by atoms with Gasteiger partial charge in [0.1, 0.15) is 4.92 Å². The van der Waals surface area contributed by atoms with Crippen molar-refractivity contribution in [2.75, 3.05) is 32.8 Å². The second-order valence-electron chi connectivity index (χ2n) is 6.38. The molecule has 1 aliphatic rings. The Bertz CT molecular complexity index is 853. The average Bonchev–Trinajstić information content (AvgIpc) is 3.19. The van der Waals surface area contributed by atoms with Crippen LogP contribution in [0.25, 0.3) is 0 Å². The topological polar surface area (TPSA) is 106 Å². The van der Waals surface area contributed by atoms with E-state index in [1.807, 2.05) is 12.1 Å². The summed E-state index contributed by atoms with van der Waals surface area (Å²) in [7, 11) is 0. The molecule has 9 heteroatoms. The van der Waals surface area contributed by atoms with E-state index in [1.165, 1.54) is 12.1 Å². The number of piperazine rings is 1. The molecule has 0 spiro atoms. The zero-order chi connectivity index (χ0) is 20.1. The predicted octanol–water partition coefficient (Wildman–Crippen LogP) is 2.32. The third kappa shape index (κ3) is 4.55. The first-order chi connectivity index (χ1) is 13.5. The third-order valence-electron chi connectivity index (χ3n) is 4.51. The molecule has 3 rings (SSSR count). The van der Waals surface area contributed by atoms with Crippen LogP contribution < -0.4 is 0 Å². The molecule has 1 fully saturated rings. The first-order valence-electron chi connectivity index (χ1n) is 9.00. The van der Waals surface area contributed by atoms with E-state index < -0.39 is 10.8 Å². The van der Waals surface area contributed by atoms with Gasteiger partial charge in [-0.1, -0.05) is 12.1 Å². The van der Waals surface area contributed by atoms with E-state index in [9.17, 15) is 19.7 Å². The number of hydrogen-bond donors (Lipinski definition) is 0. The van der Waals surface area contributed by atoms with E-state index in [-0.39, 0.29) is 17.6 Å². The van der Waals surface area contributed by atoms with Crippen molar-refractivity contribution in [3.05, 3.63) is 63.4 Å². The van der Waals surface area contributed by atoms with Crippen molar-refractivity contribution in [1.82, 2.24) is 9.80 Å². The van der Waals surface area contributed by atoms with Crippen molar-refractivity contribution < 1.29 is 23.7 Å². The second kappa shape index (κ2) is 8.66. The molecule has 148 valence electrons. The lowest BCUT2D eigenvalue weighted by Crippen LogP contribution is -2.48. The fourth-order valence-corrected chi connectivity index (χ4v) is 3.02. The predicted molar refractivity (Wildman–Crippen MR) is 98.9 cm³/mol. The number of esters is 1. The standard InChI is InChI=1S/C19H21N3O6/c1-2-27-19(24)15-5-3-14(4-6-15)13-20-9-11-21(12-10-20)18(23)16-7-8-17(28-16)22(25)26/h3-8H,2,9-13H2,1H3. The number of nitro groups is 1. The van der Waals surface area contributed by atoms with Crippen LogP contribution in [0.2, 0.25) is 0 Å². The van der Waals surface area contributed by atoms with Gasteiger partial charge in [0.25, 0.3) is 5.91 Å². The first-order valence-corrected chi connectivity index (χ1v) is 9.00. The van der Waals surface area contributed by atoms with Gasteiger partial charge in [-0.2, -0.15) is 0 Å². The Morgan fingerprint density at radius 2 is 1.79 bits per heavy atom. The number of nitrogens with zero attached hydrogens (tertiary/aromatic N) is 3. The molecule has 2 heterocycles. The second-order valence-corrected chi connectivity index (χ2v) is 6.38. The maximum absolute atomic E-state index is 12.4. The van der Waals surface area contributed by atoms with E-state index in [4.69, 9.17) is 9.15 Å². The van der Waals surface area contributed by atoms with E-state index in [2.05, 4.69) is 4.90 Å². The quantitative estimate of drug-likeness (QED) is 0.425. The van der Waals surface area contributed by atoms with Gasteiger partial charge in [-0.25, -0.2) is 4.79 Å². The van der Waals surface area contributed by atoms with Gasteiger partial charge in [0, 0.05) is 32.7 Å². The smallest absolute Gasteiger partial charge is 0.433 e. The Morgan fingerprint density at radius 1 is 1.11 bits per heavy atom. The van der Waals surface area contributed by atoms with Gasteiger partial charge in [0.05, 0.1) is 18.2 Å². The highest BCUT2D eigenvalue weighted by Gasteiger charge is 2.26. The van der Waals surface area contributed by atoms with E-state index in [1.54, 1.807) is 24.0 Å². The van der Waals surface area contributed by atoms with Crippen LogP contribution in [0.3, 0.4) is 0 Å². The molecule has 1 amide bonds. The first kappa shape index (κ1) is 19.6. The molecular formula is C19H21N3O6. The summed E-state index contributed by atoms with van der Waals surface area (Å²) in [4.78, 5) is 37.9. The minimum Gasteiger partial charge on any atom is -0.462 e. The van der Waals surface area contributed by atoms with Crippen LogP contribution in [0.1, 0.15) is 33.4 Å². The SMILES string of the molecule is CCOC(=O)c1ccc(CN2CCN(C(=O)c3ccc([N+](=O)[O-])o3)CC2)cc1. The molecule has 0 atom stereocenters. The summed E-state index contributed by atoms with van der Waals surface area (Å²) in [6, 6.07) is 9.80. The molecule has 9 nitrogen and oxygen atoms in total. The Hall–Kier alpha value is -3.20. The number of carbonyl (C=O) groups is 2. The number of benzene rings is 1. The molecular weight excluding hydrogens is 366 g/mol.